The second-order valence-corrected chi connectivity index (χ2v) is 4.53. The zero-order valence-corrected chi connectivity index (χ0v) is 9.45. The first-order valence-corrected chi connectivity index (χ1v) is 5.93. The molecule has 4 N–H and O–H groups in total. The molecule has 1 atom stereocenters. The zero-order chi connectivity index (χ0) is 11.5. The Morgan fingerprint density at radius 3 is 2.38 bits per heavy atom. The second-order valence-electron chi connectivity index (χ2n) is 4.53. The molecule has 1 aliphatic rings. The number of phenolic OH excluding ortho intramolecular Hbond substituents is 1. The third kappa shape index (κ3) is 2.20. The Hall–Kier alpha value is -1.06. The number of nitrogens with two attached hydrogens (primary N) is 1. The van der Waals surface area contributed by atoms with Gasteiger partial charge in [-0.05, 0) is 42.9 Å². The fourth-order valence-electron chi connectivity index (χ4n) is 2.36. The van der Waals surface area contributed by atoms with Gasteiger partial charge < -0.3 is 15.9 Å². The van der Waals surface area contributed by atoms with E-state index in [-0.39, 0.29) is 12.4 Å². The molecule has 16 heavy (non-hydrogen) atoms. The molecule has 0 aliphatic heterocycles. The zero-order valence-electron chi connectivity index (χ0n) is 9.45. The van der Waals surface area contributed by atoms with Gasteiger partial charge in [0.2, 0.25) is 0 Å². The van der Waals surface area contributed by atoms with Crippen LogP contribution in [0.5, 0.6) is 5.75 Å². The molecule has 3 nitrogen and oxygen atoms in total. The molecular weight excluding hydrogens is 202 g/mol. The molecule has 3 heteroatoms. The van der Waals surface area contributed by atoms with E-state index in [1.165, 1.54) is 30.4 Å². The third-order valence-electron chi connectivity index (χ3n) is 3.34. The average Bonchev–Trinajstić information content (AvgIpc) is 2.51. The summed E-state index contributed by atoms with van der Waals surface area (Å²) in [5.41, 5.74) is 8.95. The van der Waals surface area contributed by atoms with Crippen LogP contribution in [0.15, 0.2) is 12.1 Å². The molecule has 2 rings (SSSR count). The van der Waals surface area contributed by atoms with E-state index in [0.717, 1.165) is 12.8 Å². The Balaban J connectivity index is 2.38. The average molecular weight is 221 g/mol. The molecule has 1 aliphatic carbocycles. The van der Waals surface area contributed by atoms with Crippen LogP contribution in [0, 0.1) is 0 Å². The number of fused-ring (bicyclic) bond motifs is 1. The van der Waals surface area contributed by atoms with Crippen molar-refractivity contribution < 1.29 is 10.2 Å². The summed E-state index contributed by atoms with van der Waals surface area (Å²) in [5, 5.41) is 18.9. The van der Waals surface area contributed by atoms with Gasteiger partial charge in [0.05, 0.1) is 12.6 Å². The van der Waals surface area contributed by atoms with Gasteiger partial charge in [-0.2, -0.15) is 0 Å². The van der Waals surface area contributed by atoms with Gasteiger partial charge >= 0.3 is 0 Å². The molecule has 0 aromatic heterocycles. The number of benzene rings is 1. The molecule has 1 aromatic carbocycles. The quantitative estimate of drug-likeness (QED) is 0.665. The molecule has 0 saturated heterocycles. The van der Waals surface area contributed by atoms with E-state index < -0.39 is 6.04 Å². The number of phenols is 1. The molecule has 0 radical (unpaired) electrons. The maximum atomic E-state index is 9.87. The lowest BCUT2D eigenvalue weighted by molar-refractivity contribution is 0.265. The van der Waals surface area contributed by atoms with Crippen molar-refractivity contribution in [2.75, 3.05) is 6.61 Å². The first-order chi connectivity index (χ1) is 7.72. The number of aliphatic hydroxyl groups excluding tert-OH is 1. The highest BCUT2D eigenvalue weighted by atomic mass is 16.3. The van der Waals surface area contributed by atoms with Gasteiger partial charge in [-0.15, -0.1) is 0 Å². The van der Waals surface area contributed by atoms with E-state index >= 15 is 0 Å². The monoisotopic (exact) mass is 221 g/mol. The fraction of sp³-hybridized carbons (Fsp3) is 0.538. The van der Waals surface area contributed by atoms with Crippen molar-refractivity contribution in [3.05, 3.63) is 28.8 Å². The minimum atomic E-state index is -0.478. The Morgan fingerprint density at radius 1 is 1.12 bits per heavy atom. The number of rotatable bonds is 2. The lowest BCUT2D eigenvalue weighted by atomic mass is 9.96. The smallest absolute Gasteiger partial charge is 0.120 e. The van der Waals surface area contributed by atoms with Crippen LogP contribution in [0.4, 0.5) is 0 Å². The van der Waals surface area contributed by atoms with Crippen molar-refractivity contribution in [2.24, 2.45) is 5.73 Å². The predicted molar refractivity (Wildman–Crippen MR) is 63.4 cm³/mol. The van der Waals surface area contributed by atoms with E-state index in [4.69, 9.17) is 10.8 Å². The lowest BCUT2D eigenvalue weighted by Crippen LogP contribution is -2.15. The molecule has 0 spiro atoms. The van der Waals surface area contributed by atoms with Crippen molar-refractivity contribution in [2.45, 2.75) is 38.1 Å². The van der Waals surface area contributed by atoms with Crippen molar-refractivity contribution in [1.29, 1.82) is 0 Å². The van der Waals surface area contributed by atoms with E-state index in [9.17, 15) is 5.11 Å². The van der Waals surface area contributed by atoms with Gasteiger partial charge in [0.25, 0.3) is 0 Å². The van der Waals surface area contributed by atoms with Crippen LogP contribution in [-0.4, -0.2) is 16.8 Å². The van der Waals surface area contributed by atoms with Crippen LogP contribution in [-0.2, 0) is 12.8 Å². The highest BCUT2D eigenvalue weighted by Gasteiger charge is 2.15. The highest BCUT2D eigenvalue weighted by molar-refractivity contribution is 5.44. The largest absolute Gasteiger partial charge is 0.508 e. The SMILES string of the molecule is NC(CO)c1cc2c(cc1O)CCCCC2. The molecule has 1 aromatic rings. The standard InChI is InChI=1S/C13H19NO2/c14-12(8-15)11-6-9-4-2-1-3-5-10(9)7-13(11)16/h6-7,12,15-16H,1-5,8,14H2. The first-order valence-electron chi connectivity index (χ1n) is 5.93. The molecule has 1 unspecified atom stereocenters. The minimum Gasteiger partial charge on any atom is -0.508 e. The van der Waals surface area contributed by atoms with Crippen molar-refractivity contribution in [3.63, 3.8) is 0 Å². The van der Waals surface area contributed by atoms with E-state index in [1.54, 1.807) is 0 Å². The number of hydrogen-bond donors (Lipinski definition) is 3. The van der Waals surface area contributed by atoms with Crippen LogP contribution in [0.3, 0.4) is 0 Å². The van der Waals surface area contributed by atoms with E-state index in [2.05, 4.69) is 0 Å². The first kappa shape index (κ1) is 11.4. The van der Waals surface area contributed by atoms with Crippen molar-refractivity contribution in [1.82, 2.24) is 0 Å². The normalized spacial score (nSPS) is 17.6. The van der Waals surface area contributed by atoms with Crippen molar-refractivity contribution in [3.8, 4) is 5.75 Å². The topological polar surface area (TPSA) is 66.5 Å². The summed E-state index contributed by atoms with van der Waals surface area (Å²) in [6.45, 7) is -0.133. The summed E-state index contributed by atoms with van der Waals surface area (Å²) >= 11 is 0. The third-order valence-corrected chi connectivity index (χ3v) is 3.34. The molecule has 0 heterocycles. The van der Waals surface area contributed by atoms with Gasteiger partial charge in [-0.25, -0.2) is 0 Å². The Labute approximate surface area is 95.9 Å². The van der Waals surface area contributed by atoms with Gasteiger partial charge in [0.1, 0.15) is 5.75 Å². The number of aromatic hydroxyl groups is 1. The summed E-state index contributed by atoms with van der Waals surface area (Å²) in [5.74, 6) is 0.224. The van der Waals surface area contributed by atoms with Gasteiger partial charge in [0, 0.05) is 5.56 Å². The Morgan fingerprint density at radius 2 is 1.75 bits per heavy atom. The van der Waals surface area contributed by atoms with E-state index in [1.807, 2.05) is 12.1 Å². The number of hydrogen-bond acceptors (Lipinski definition) is 3. The predicted octanol–water partition coefficient (Wildman–Crippen LogP) is 1.65. The fourth-order valence-corrected chi connectivity index (χ4v) is 2.36. The van der Waals surface area contributed by atoms with Crippen molar-refractivity contribution >= 4 is 0 Å². The second kappa shape index (κ2) is 4.85. The molecule has 0 saturated carbocycles. The summed E-state index contributed by atoms with van der Waals surface area (Å²) < 4.78 is 0. The van der Waals surface area contributed by atoms with Gasteiger partial charge in [-0.1, -0.05) is 12.5 Å². The van der Waals surface area contributed by atoms with Crippen LogP contribution < -0.4 is 5.73 Å². The van der Waals surface area contributed by atoms with Crippen LogP contribution in [0.2, 0.25) is 0 Å². The number of aryl methyl sites for hydroxylation is 2. The molecule has 88 valence electrons. The van der Waals surface area contributed by atoms with Crippen LogP contribution in [0.1, 0.15) is 42.0 Å². The van der Waals surface area contributed by atoms with Gasteiger partial charge in [-0.3, -0.25) is 0 Å². The highest BCUT2D eigenvalue weighted by Crippen LogP contribution is 2.30. The molecular formula is C13H19NO2. The molecule has 0 amide bonds. The van der Waals surface area contributed by atoms with E-state index in [0.29, 0.717) is 5.56 Å². The molecule has 0 fully saturated rings. The summed E-state index contributed by atoms with van der Waals surface area (Å²) in [6, 6.07) is 3.32. The van der Waals surface area contributed by atoms with Crippen LogP contribution in [0.25, 0.3) is 0 Å². The van der Waals surface area contributed by atoms with Gasteiger partial charge in [0.15, 0.2) is 0 Å². The summed E-state index contributed by atoms with van der Waals surface area (Å²) in [6.07, 6.45) is 5.73. The maximum absolute atomic E-state index is 9.87. The minimum absolute atomic E-state index is 0.133. The lowest BCUT2D eigenvalue weighted by Gasteiger charge is -2.15. The Kier molecular flexibility index (Phi) is 3.46. The molecule has 0 bridgehead atoms. The number of aliphatic hydroxyl groups is 1. The van der Waals surface area contributed by atoms with Crippen LogP contribution >= 0.6 is 0 Å². The Bertz CT molecular complexity index is 376. The maximum Gasteiger partial charge on any atom is 0.120 e. The summed E-state index contributed by atoms with van der Waals surface area (Å²) in [7, 11) is 0. The summed E-state index contributed by atoms with van der Waals surface area (Å²) in [4.78, 5) is 0.